The summed E-state index contributed by atoms with van der Waals surface area (Å²) in [4.78, 5) is 0. The monoisotopic (exact) mass is 265 g/mol. The highest BCUT2D eigenvalue weighted by Crippen LogP contribution is 2.23. The lowest BCUT2D eigenvalue weighted by Gasteiger charge is -2.04. The quantitative estimate of drug-likeness (QED) is 0.806. The van der Waals surface area contributed by atoms with Gasteiger partial charge in [-0.3, -0.25) is 0 Å². The third kappa shape index (κ3) is 1.77. The van der Waals surface area contributed by atoms with Gasteiger partial charge in [-0.25, -0.2) is 4.68 Å². The van der Waals surface area contributed by atoms with Crippen molar-refractivity contribution in [2.45, 2.75) is 13.8 Å². The number of nitrogens with two attached hydrogens (primary N) is 1. The van der Waals surface area contributed by atoms with Crippen molar-refractivity contribution in [3.05, 3.63) is 40.1 Å². The van der Waals surface area contributed by atoms with Crippen LogP contribution in [0.3, 0.4) is 0 Å². The van der Waals surface area contributed by atoms with Gasteiger partial charge in [0.05, 0.1) is 21.5 Å². The first-order valence-corrected chi connectivity index (χ1v) is 5.46. The number of hydrogen-bond donors (Lipinski definition) is 1. The zero-order valence-electron chi connectivity index (χ0n) is 8.66. The molecule has 0 saturated carbocycles. The summed E-state index contributed by atoms with van der Waals surface area (Å²) in [6.45, 7) is 3.99. The molecule has 0 bridgehead atoms. The summed E-state index contributed by atoms with van der Waals surface area (Å²) >= 11 is 3.50. The van der Waals surface area contributed by atoms with E-state index in [0.717, 1.165) is 27.2 Å². The summed E-state index contributed by atoms with van der Waals surface area (Å²) in [7, 11) is 0. The van der Waals surface area contributed by atoms with E-state index < -0.39 is 0 Å². The van der Waals surface area contributed by atoms with Gasteiger partial charge in [0.1, 0.15) is 0 Å². The first-order valence-electron chi connectivity index (χ1n) is 4.67. The van der Waals surface area contributed by atoms with Crippen LogP contribution in [0.15, 0.2) is 28.7 Å². The topological polar surface area (TPSA) is 43.8 Å². The molecule has 2 N–H and O–H groups in total. The molecule has 1 heterocycles. The molecular weight excluding hydrogens is 254 g/mol. The van der Waals surface area contributed by atoms with Crippen LogP contribution in [0.25, 0.3) is 5.69 Å². The molecule has 0 aliphatic carbocycles. The van der Waals surface area contributed by atoms with Gasteiger partial charge >= 0.3 is 0 Å². The van der Waals surface area contributed by atoms with Crippen LogP contribution in [-0.4, -0.2) is 9.78 Å². The van der Waals surface area contributed by atoms with Crippen molar-refractivity contribution in [3.8, 4) is 5.69 Å². The van der Waals surface area contributed by atoms with Crippen LogP contribution in [0.2, 0.25) is 0 Å². The van der Waals surface area contributed by atoms with Gasteiger partial charge in [0.2, 0.25) is 0 Å². The number of nitrogens with zero attached hydrogens (tertiary/aromatic N) is 2. The first-order chi connectivity index (χ1) is 7.09. The van der Waals surface area contributed by atoms with Crippen molar-refractivity contribution in [3.63, 3.8) is 0 Å². The van der Waals surface area contributed by atoms with E-state index in [1.54, 1.807) is 0 Å². The Kier molecular flexibility index (Phi) is 2.52. The lowest BCUT2D eigenvalue weighted by Crippen LogP contribution is -1.99. The third-order valence-corrected chi connectivity index (χ3v) is 3.47. The minimum Gasteiger partial charge on any atom is -0.399 e. The van der Waals surface area contributed by atoms with Gasteiger partial charge in [-0.1, -0.05) is 6.07 Å². The van der Waals surface area contributed by atoms with E-state index in [9.17, 15) is 0 Å². The molecule has 15 heavy (non-hydrogen) atoms. The molecule has 0 saturated heterocycles. The largest absolute Gasteiger partial charge is 0.399 e. The van der Waals surface area contributed by atoms with Gasteiger partial charge < -0.3 is 5.73 Å². The predicted molar refractivity (Wildman–Crippen MR) is 65.2 cm³/mol. The molecule has 0 aliphatic heterocycles. The molecule has 4 heteroatoms. The van der Waals surface area contributed by atoms with Gasteiger partial charge in [-0.2, -0.15) is 5.10 Å². The Bertz CT molecular complexity index is 503. The van der Waals surface area contributed by atoms with Crippen LogP contribution in [0, 0.1) is 13.8 Å². The number of halogens is 1. The standard InChI is InChI=1S/C11H12BrN3/c1-7-11(12)8(2)15(14-7)10-5-3-4-9(13)6-10/h3-6H,13H2,1-2H3. The van der Waals surface area contributed by atoms with Crippen LogP contribution >= 0.6 is 15.9 Å². The van der Waals surface area contributed by atoms with Crippen molar-refractivity contribution in [2.24, 2.45) is 0 Å². The Hall–Kier alpha value is -1.29. The van der Waals surface area contributed by atoms with Gasteiger partial charge in [0.25, 0.3) is 0 Å². The van der Waals surface area contributed by atoms with Crippen molar-refractivity contribution < 1.29 is 0 Å². The summed E-state index contributed by atoms with van der Waals surface area (Å²) < 4.78 is 2.93. The van der Waals surface area contributed by atoms with E-state index in [1.807, 2.05) is 42.8 Å². The average Bonchev–Trinajstić information content (AvgIpc) is 2.46. The Morgan fingerprint density at radius 1 is 1.33 bits per heavy atom. The minimum atomic E-state index is 0.746. The highest BCUT2D eigenvalue weighted by Gasteiger charge is 2.09. The molecule has 0 fully saturated rings. The van der Waals surface area contributed by atoms with E-state index >= 15 is 0 Å². The summed E-state index contributed by atoms with van der Waals surface area (Å²) in [6, 6.07) is 7.69. The number of nitrogen functional groups attached to an aromatic ring is 1. The summed E-state index contributed by atoms with van der Waals surface area (Å²) in [6.07, 6.45) is 0. The minimum absolute atomic E-state index is 0.746. The molecule has 2 rings (SSSR count). The fraction of sp³-hybridized carbons (Fsp3) is 0.182. The van der Waals surface area contributed by atoms with Crippen molar-refractivity contribution >= 4 is 21.6 Å². The highest BCUT2D eigenvalue weighted by atomic mass is 79.9. The van der Waals surface area contributed by atoms with Crippen LogP contribution in [0.5, 0.6) is 0 Å². The van der Waals surface area contributed by atoms with E-state index in [0.29, 0.717) is 0 Å². The molecular formula is C11H12BrN3. The molecule has 2 aromatic rings. The number of aryl methyl sites for hydroxylation is 1. The molecule has 1 aromatic heterocycles. The molecule has 78 valence electrons. The summed E-state index contributed by atoms with van der Waals surface area (Å²) in [5, 5.41) is 4.44. The Balaban J connectivity index is 2.59. The number of anilines is 1. The lowest BCUT2D eigenvalue weighted by molar-refractivity contribution is 0.834. The fourth-order valence-electron chi connectivity index (χ4n) is 1.53. The Morgan fingerprint density at radius 3 is 2.60 bits per heavy atom. The number of rotatable bonds is 1. The van der Waals surface area contributed by atoms with E-state index in [4.69, 9.17) is 5.73 Å². The van der Waals surface area contributed by atoms with Crippen LogP contribution in [-0.2, 0) is 0 Å². The average molecular weight is 266 g/mol. The maximum atomic E-state index is 5.74. The third-order valence-electron chi connectivity index (χ3n) is 2.32. The van der Waals surface area contributed by atoms with Crippen molar-refractivity contribution in [1.29, 1.82) is 0 Å². The van der Waals surface area contributed by atoms with Crippen LogP contribution in [0.4, 0.5) is 5.69 Å². The van der Waals surface area contributed by atoms with Crippen LogP contribution in [0.1, 0.15) is 11.4 Å². The van der Waals surface area contributed by atoms with Gasteiger partial charge in [-0.05, 0) is 48.0 Å². The van der Waals surface area contributed by atoms with Gasteiger partial charge in [-0.15, -0.1) is 0 Å². The summed E-state index contributed by atoms with van der Waals surface area (Å²) in [5.74, 6) is 0. The fourth-order valence-corrected chi connectivity index (χ4v) is 1.78. The smallest absolute Gasteiger partial charge is 0.0743 e. The zero-order chi connectivity index (χ0) is 11.0. The van der Waals surface area contributed by atoms with Gasteiger partial charge in [0.15, 0.2) is 0 Å². The Labute approximate surface area is 97.0 Å². The van der Waals surface area contributed by atoms with Crippen molar-refractivity contribution in [2.75, 3.05) is 5.73 Å². The number of hydrogen-bond acceptors (Lipinski definition) is 2. The number of benzene rings is 1. The first kappa shape index (κ1) is 10.2. The second-order valence-corrected chi connectivity index (χ2v) is 4.28. The molecule has 0 atom stereocenters. The molecule has 0 spiro atoms. The predicted octanol–water partition coefficient (Wildman–Crippen LogP) is 2.83. The second-order valence-electron chi connectivity index (χ2n) is 3.49. The number of aromatic nitrogens is 2. The second kappa shape index (κ2) is 3.70. The lowest BCUT2D eigenvalue weighted by atomic mass is 10.3. The van der Waals surface area contributed by atoms with Gasteiger partial charge in [0, 0.05) is 5.69 Å². The maximum absolute atomic E-state index is 5.74. The van der Waals surface area contributed by atoms with E-state index in [1.165, 1.54) is 0 Å². The van der Waals surface area contributed by atoms with Crippen molar-refractivity contribution in [1.82, 2.24) is 9.78 Å². The molecule has 0 amide bonds. The van der Waals surface area contributed by atoms with E-state index in [-0.39, 0.29) is 0 Å². The molecule has 0 radical (unpaired) electrons. The Morgan fingerprint density at radius 2 is 2.07 bits per heavy atom. The normalized spacial score (nSPS) is 10.6. The maximum Gasteiger partial charge on any atom is 0.0743 e. The molecule has 1 aromatic carbocycles. The highest BCUT2D eigenvalue weighted by molar-refractivity contribution is 9.10. The molecule has 3 nitrogen and oxygen atoms in total. The zero-order valence-corrected chi connectivity index (χ0v) is 10.2. The summed E-state index contributed by atoms with van der Waals surface area (Å²) in [5.41, 5.74) is 9.53. The van der Waals surface area contributed by atoms with E-state index in [2.05, 4.69) is 21.0 Å². The molecule has 0 unspecified atom stereocenters. The SMILES string of the molecule is Cc1nn(-c2cccc(N)c2)c(C)c1Br. The molecule has 0 aliphatic rings. The van der Waals surface area contributed by atoms with Crippen LogP contribution < -0.4 is 5.73 Å².